The van der Waals surface area contributed by atoms with Gasteiger partial charge in [0.2, 0.25) is 5.88 Å². The summed E-state index contributed by atoms with van der Waals surface area (Å²) in [4.78, 5) is 11.9. The summed E-state index contributed by atoms with van der Waals surface area (Å²) in [5.41, 5.74) is 0. The number of carbonyl (C=O) groups is 1. The maximum Gasteiger partial charge on any atom is 0.320 e. The van der Waals surface area contributed by atoms with Crippen molar-refractivity contribution >= 4 is 11.8 Å². The Balaban J connectivity index is 1.81. The van der Waals surface area contributed by atoms with E-state index in [9.17, 15) is 4.79 Å². The van der Waals surface area contributed by atoms with Crippen molar-refractivity contribution in [3.8, 4) is 5.88 Å². The average Bonchev–Trinajstić information content (AvgIpc) is 2.49. The molecule has 2 rings (SSSR count). The van der Waals surface area contributed by atoms with E-state index in [0.717, 1.165) is 26.1 Å². The fraction of sp³-hybridized carbons (Fsp3) is 0.615. The number of anilines is 1. The molecule has 110 valence electrons. The zero-order chi connectivity index (χ0) is 14.4. The average molecular weight is 280 g/mol. The molecule has 7 heteroatoms. The van der Waals surface area contributed by atoms with E-state index in [-0.39, 0.29) is 12.1 Å². The largest absolute Gasteiger partial charge is 0.480 e. The van der Waals surface area contributed by atoms with E-state index in [0.29, 0.717) is 17.6 Å². The highest BCUT2D eigenvalue weighted by atomic mass is 16.5. The van der Waals surface area contributed by atoms with Crippen LogP contribution in [0.2, 0.25) is 0 Å². The van der Waals surface area contributed by atoms with Crippen LogP contribution >= 0.6 is 0 Å². The first-order valence-corrected chi connectivity index (χ1v) is 6.72. The summed E-state index contributed by atoms with van der Waals surface area (Å²) in [5.74, 6) is 1.26. The number of methoxy groups -OCH3 is 1. The Kier molecular flexibility index (Phi) is 5.11. The van der Waals surface area contributed by atoms with Gasteiger partial charge >= 0.3 is 6.03 Å². The molecule has 1 aliphatic rings. The normalized spacial score (nSPS) is 17.3. The lowest BCUT2D eigenvalue weighted by Gasteiger charge is -2.28. The van der Waals surface area contributed by atoms with Crippen LogP contribution in [0.25, 0.3) is 0 Å². The molecule has 0 saturated carbocycles. The SMILES string of the molecule is COc1ccc(NC(=O)NC(C)C2CCOCC2)nn1. The minimum absolute atomic E-state index is 0.102. The van der Waals surface area contributed by atoms with Crippen molar-refractivity contribution in [3.63, 3.8) is 0 Å². The van der Waals surface area contributed by atoms with E-state index in [4.69, 9.17) is 9.47 Å². The Morgan fingerprint density at radius 3 is 2.75 bits per heavy atom. The van der Waals surface area contributed by atoms with E-state index in [1.165, 1.54) is 7.11 Å². The number of rotatable bonds is 4. The number of carbonyl (C=O) groups excluding carboxylic acids is 1. The fourth-order valence-electron chi connectivity index (χ4n) is 2.19. The van der Waals surface area contributed by atoms with Crippen molar-refractivity contribution < 1.29 is 14.3 Å². The third-order valence-corrected chi connectivity index (χ3v) is 3.42. The second kappa shape index (κ2) is 7.04. The lowest BCUT2D eigenvalue weighted by Crippen LogP contribution is -2.42. The van der Waals surface area contributed by atoms with Gasteiger partial charge in [-0.3, -0.25) is 5.32 Å². The van der Waals surface area contributed by atoms with E-state index in [2.05, 4.69) is 20.8 Å². The summed E-state index contributed by atoms with van der Waals surface area (Å²) < 4.78 is 10.2. The number of nitrogens with one attached hydrogen (secondary N) is 2. The lowest BCUT2D eigenvalue weighted by atomic mass is 9.93. The Labute approximate surface area is 118 Å². The zero-order valence-corrected chi connectivity index (χ0v) is 11.8. The molecule has 0 radical (unpaired) electrons. The van der Waals surface area contributed by atoms with Crippen molar-refractivity contribution in [1.82, 2.24) is 15.5 Å². The smallest absolute Gasteiger partial charge is 0.320 e. The van der Waals surface area contributed by atoms with E-state index in [1.54, 1.807) is 12.1 Å². The maximum atomic E-state index is 11.9. The van der Waals surface area contributed by atoms with Crippen LogP contribution < -0.4 is 15.4 Å². The van der Waals surface area contributed by atoms with Crippen molar-refractivity contribution in [2.24, 2.45) is 5.92 Å². The summed E-state index contributed by atoms with van der Waals surface area (Å²) in [5, 5.41) is 13.2. The van der Waals surface area contributed by atoms with Gasteiger partial charge in [0.25, 0.3) is 0 Å². The monoisotopic (exact) mass is 280 g/mol. The molecule has 20 heavy (non-hydrogen) atoms. The van der Waals surface area contributed by atoms with Gasteiger partial charge in [-0.1, -0.05) is 0 Å². The summed E-state index contributed by atoms with van der Waals surface area (Å²) >= 11 is 0. The van der Waals surface area contributed by atoms with Gasteiger partial charge in [-0.15, -0.1) is 10.2 Å². The second-order valence-electron chi connectivity index (χ2n) is 4.80. The van der Waals surface area contributed by atoms with E-state index in [1.807, 2.05) is 6.92 Å². The molecule has 1 saturated heterocycles. The van der Waals surface area contributed by atoms with Gasteiger partial charge in [0.15, 0.2) is 5.82 Å². The summed E-state index contributed by atoms with van der Waals surface area (Å²) in [6.45, 7) is 3.54. The predicted molar refractivity (Wildman–Crippen MR) is 73.7 cm³/mol. The van der Waals surface area contributed by atoms with Gasteiger partial charge in [-0.25, -0.2) is 4.79 Å². The van der Waals surface area contributed by atoms with Crippen LogP contribution in [0.4, 0.5) is 10.6 Å². The molecule has 2 amide bonds. The molecule has 2 heterocycles. The second-order valence-corrected chi connectivity index (χ2v) is 4.80. The van der Waals surface area contributed by atoms with Gasteiger partial charge < -0.3 is 14.8 Å². The fourth-order valence-corrected chi connectivity index (χ4v) is 2.19. The van der Waals surface area contributed by atoms with Crippen LogP contribution in [0, 0.1) is 5.92 Å². The number of hydrogen-bond acceptors (Lipinski definition) is 5. The van der Waals surface area contributed by atoms with Crippen LogP contribution in [-0.2, 0) is 4.74 Å². The van der Waals surface area contributed by atoms with Crippen molar-refractivity contribution in [3.05, 3.63) is 12.1 Å². The van der Waals surface area contributed by atoms with Gasteiger partial charge in [-0.2, -0.15) is 0 Å². The minimum atomic E-state index is -0.275. The molecule has 1 fully saturated rings. The molecular weight excluding hydrogens is 260 g/mol. The van der Waals surface area contributed by atoms with Crippen LogP contribution in [0.15, 0.2) is 12.1 Å². The minimum Gasteiger partial charge on any atom is -0.480 e. The van der Waals surface area contributed by atoms with Gasteiger partial charge in [0.1, 0.15) is 0 Å². The molecular formula is C13H20N4O3. The molecule has 0 aliphatic carbocycles. The Hall–Kier alpha value is -1.89. The third-order valence-electron chi connectivity index (χ3n) is 3.42. The first-order chi connectivity index (χ1) is 9.69. The lowest BCUT2D eigenvalue weighted by molar-refractivity contribution is 0.0573. The number of ether oxygens (including phenoxy) is 2. The molecule has 1 atom stereocenters. The molecule has 0 bridgehead atoms. The number of hydrogen-bond donors (Lipinski definition) is 2. The van der Waals surface area contributed by atoms with Crippen LogP contribution in [0.3, 0.4) is 0 Å². The molecule has 1 aromatic rings. The summed E-state index contributed by atoms with van der Waals surface area (Å²) in [6, 6.07) is 3.11. The van der Waals surface area contributed by atoms with Gasteiger partial charge in [0.05, 0.1) is 7.11 Å². The number of urea groups is 1. The quantitative estimate of drug-likeness (QED) is 0.871. The standard InChI is InChI=1S/C13H20N4O3/c1-9(10-5-7-20-8-6-10)14-13(18)15-11-3-4-12(19-2)17-16-11/h3-4,9-10H,5-8H2,1-2H3,(H2,14,15,16,18). The topological polar surface area (TPSA) is 85.4 Å². The highest BCUT2D eigenvalue weighted by molar-refractivity contribution is 5.88. The molecule has 1 aliphatic heterocycles. The first-order valence-electron chi connectivity index (χ1n) is 6.72. The number of aromatic nitrogens is 2. The first kappa shape index (κ1) is 14.5. The van der Waals surface area contributed by atoms with Crippen LogP contribution in [-0.4, -0.2) is 42.6 Å². The van der Waals surface area contributed by atoms with E-state index >= 15 is 0 Å². The van der Waals surface area contributed by atoms with Crippen molar-refractivity contribution in [2.45, 2.75) is 25.8 Å². The Morgan fingerprint density at radius 1 is 1.40 bits per heavy atom. The summed E-state index contributed by atoms with van der Waals surface area (Å²) in [7, 11) is 1.51. The molecule has 0 spiro atoms. The van der Waals surface area contributed by atoms with Gasteiger partial charge in [0, 0.05) is 25.3 Å². The third kappa shape index (κ3) is 4.06. The molecule has 1 unspecified atom stereocenters. The summed E-state index contributed by atoms with van der Waals surface area (Å²) in [6.07, 6.45) is 1.95. The Morgan fingerprint density at radius 2 is 2.15 bits per heavy atom. The van der Waals surface area contributed by atoms with Crippen LogP contribution in [0.1, 0.15) is 19.8 Å². The number of amides is 2. The predicted octanol–water partition coefficient (Wildman–Crippen LogP) is 1.42. The molecule has 0 aromatic carbocycles. The van der Waals surface area contributed by atoms with E-state index < -0.39 is 0 Å². The zero-order valence-electron chi connectivity index (χ0n) is 11.8. The van der Waals surface area contributed by atoms with Crippen LogP contribution in [0.5, 0.6) is 5.88 Å². The number of nitrogens with zero attached hydrogens (tertiary/aromatic N) is 2. The Bertz CT molecular complexity index is 432. The molecule has 7 nitrogen and oxygen atoms in total. The molecule has 1 aromatic heterocycles. The maximum absolute atomic E-state index is 11.9. The highest BCUT2D eigenvalue weighted by Crippen LogP contribution is 2.18. The molecule has 2 N–H and O–H groups in total. The van der Waals surface area contributed by atoms with Crippen molar-refractivity contribution in [2.75, 3.05) is 25.6 Å². The van der Waals surface area contributed by atoms with Gasteiger partial charge in [-0.05, 0) is 31.7 Å². The highest BCUT2D eigenvalue weighted by Gasteiger charge is 2.21. The van der Waals surface area contributed by atoms with Crippen molar-refractivity contribution in [1.29, 1.82) is 0 Å².